The molecule has 2 saturated heterocycles. The van der Waals surface area contributed by atoms with Gasteiger partial charge in [-0.3, -0.25) is 4.79 Å². The average molecular weight is 375 g/mol. The molecule has 1 aromatic rings. The van der Waals surface area contributed by atoms with E-state index in [-0.39, 0.29) is 15.5 Å². The molecule has 0 aliphatic carbocycles. The van der Waals surface area contributed by atoms with Gasteiger partial charge in [0, 0.05) is 18.1 Å². The van der Waals surface area contributed by atoms with Crippen molar-refractivity contribution in [3.63, 3.8) is 0 Å². The molecule has 2 fully saturated rings. The Labute approximate surface area is 143 Å². The molecule has 1 atom stereocenters. The van der Waals surface area contributed by atoms with E-state index in [1.807, 2.05) is 0 Å². The molecule has 2 aliphatic heterocycles. The lowest BCUT2D eigenvalue weighted by Crippen LogP contribution is -2.40. The number of nitrogens with zero attached hydrogens (tertiary/aromatic N) is 1. The van der Waals surface area contributed by atoms with Crippen LogP contribution in [0.4, 0.5) is 0 Å². The third-order valence-corrected chi connectivity index (χ3v) is 9.31. The summed E-state index contributed by atoms with van der Waals surface area (Å²) in [6, 6.07) is 5.02. The van der Waals surface area contributed by atoms with E-state index in [2.05, 4.69) is 0 Å². The molecule has 2 aliphatic rings. The van der Waals surface area contributed by atoms with Gasteiger partial charge in [0.25, 0.3) is 0 Å². The molecule has 9 heteroatoms. The number of aliphatic carboxylic acids is 1. The molecule has 1 spiro atoms. The molecule has 0 aromatic heterocycles. The normalized spacial score (nSPS) is 24.1. The Balaban J connectivity index is 1.94. The summed E-state index contributed by atoms with van der Waals surface area (Å²) in [7, 11) is -2.35. The van der Waals surface area contributed by atoms with Crippen molar-refractivity contribution >= 4 is 39.5 Å². The van der Waals surface area contributed by atoms with Crippen LogP contribution in [0, 0.1) is 0 Å². The number of hydrogen-bond acceptors (Lipinski definition) is 6. The Hall–Kier alpha value is -0.900. The molecule has 0 unspecified atom stereocenters. The highest BCUT2D eigenvalue weighted by molar-refractivity contribution is 8.21. The third kappa shape index (κ3) is 3.07. The van der Waals surface area contributed by atoms with Crippen LogP contribution < -0.4 is 4.74 Å². The number of benzene rings is 1. The van der Waals surface area contributed by atoms with Crippen LogP contribution in [0.2, 0.25) is 0 Å². The molecule has 1 aromatic carbocycles. The summed E-state index contributed by atoms with van der Waals surface area (Å²) < 4.78 is 31.6. The van der Waals surface area contributed by atoms with Gasteiger partial charge in [-0.15, -0.1) is 23.5 Å². The maximum atomic E-state index is 12.9. The number of sulfonamides is 1. The second-order valence-corrected chi connectivity index (χ2v) is 10.5. The van der Waals surface area contributed by atoms with Crippen molar-refractivity contribution in [2.75, 3.05) is 25.2 Å². The first-order valence-corrected chi connectivity index (χ1v) is 10.5. The molecule has 0 bridgehead atoms. The van der Waals surface area contributed by atoms with E-state index in [1.54, 1.807) is 35.7 Å². The van der Waals surface area contributed by atoms with E-state index in [9.17, 15) is 18.3 Å². The highest BCUT2D eigenvalue weighted by atomic mass is 32.2. The number of ether oxygens (including phenoxy) is 1. The lowest BCUT2D eigenvalue weighted by Gasteiger charge is -2.22. The summed E-state index contributed by atoms with van der Waals surface area (Å²) in [4.78, 5) is 11.7. The van der Waals surface area contributed by atoms with Gasteiger partial charge in [-0.05, 0) is 30.7 Å². The summed E-state index contributed by atoms with van der Waals surface area (Å²) >= 11 is 3.34. The summed E-state index contributed by atoms with van der Waals surface area (Å²) in [6.07, 6.45) is 0.340. The topological polar surface area (TPSA) is 83.9 Å². The largest absolute Gasteiger partial charge is 0.497 e. The van der Waals surface area contributed by atoms with Crippen LogP contribution in [0.5, 0.6) is 5.75 Å². The number of thioether (sulfide) groups is 2. The minimum atomic E-state index is -3.85. The number of hydrogen-bond donors (Lipinski definition) is 1. The highest BCUT2D eigenvalue weighted by Gasteiger charge is 2.53. The van der Waals surface area contributed by atoms with E-state index in [0.717, 1.165) is 15.8 Å². The predicted molar refractivity (Wildman–Crippen MR) is 90.6 cm³/mol. The van der Waals surface area contributed by atoms with Gasteiger partial charge in [0.15, 0.2) is 0 Å². The quantitative estimate of drug-likeness (QED) is 0.858. The first-order chi connectivity index (χ1) is 10.9. The molecule has 23 heavy (non-hydrogen) atoms. The Kier molecular flexibility index (Phi) is 4.56. The maximum Gasteiger partial charge on any atom is 0.322 e. The molecule has 2 heterocycles. The zero-order valence-corrected chi connectivity index (χ0v) is 14.9. The smallest absolute Gasteiger partial charge is 0.322 e. The SMILES string of the molecule is COc1ccc(S(=O)(=O)N2CC3(C[C@H]2C(=O)O)SCCS3)cc1. The van der Waals surface area contributed by atoms with Gasteiger partial charge < -0.3 is 9.84 Å². The Morgan fingerprint density at radius 2 is 1.91 bits per heavy atom. The van der Waals surface area contributed by atoms with Gasteiger partial charge in [-0.2, -0.15) is 4.31 Å². The van der Waals surface area contributed by atoms with Crippen molar-refractivity contribution in [2.24, 2.45) is 0 Å². The van der Waals surface area contributed by atoms with Crippen molar-refractivity contribution in [3.8, 4) is 5.75 Å². The van der Waals surface area contributed by atoms with Crippen LogP contribution in [0.3, 0.4) is 0 Å². The Bertz CT molecular complexity index is 698. The van der Waals surface area contributed by atoms with E-state index < -0.39 is 22.0 Å². The second kappa shape index (κ2) is 6.19. The zero-order valence-electron chi connectivity index (χ0n) is 12.5. The highest BCUT2D eigenvalue weighted by Crippen LogP contribution is 2.52. The lowest BCUT2D eigenvalue weighted by atomic mass is 10.2. The standard InChI is InChI=1S/C14H17NO5S3/c1-20-10-2-4-11(5-3-10)23(18,19)15-9-14(21-6-7-22-14)8-12(15)13(16)17/h2-5,12H,6-9H2,1H3,(H,16,17)/t12-/m0/s1. The third-order valence-electron chi connectivity index (χ3n) is 4.01. The van der Waals surface area contributed by atoms with Gasteiger partial charge in [0.1, 0.15) is 11.8 Å². The number of carboxylic acid groups (broad SMARTS) is 1. The average Bonchev–Trinajstić information content (AvgIpc) is 3.15. The van der Waals surface area contributed by atoms with Gasteiger partial charge in [-0.1, -0.05) is 0 Å². The molecular weight excluding hydrogens is 358 g/mol. The van der Waals surface area contributed by atoms with Crippen LogP contribution in [-0.2, 0) is 14.8 Å². The van der Waals surface area contributed by atoms with Crippen molar-refractivity contribution in [1.29, 1.82) is 0 Å². The van der Waals surface area contributed by atoms with Crippen LogP contribution in [0.15, 0.2) is 29.2 Å². The van der Waals surface area contributed by atoms with Crippen molar-refractivity contribution in [2.45, 2.75) is 21.4 Å². The molecular formula is C14H17NO5S3. The van der Waals surface area contributed by atoms with Gasteiger partial charge >= 0.3 is 5.97 Å². The molecule has 6 nitrogen and oxygen atoms in total. The van der Waals surface area contributed by atoms with Crippen molar-refractivity contribution in [1.82, 2.24) is 4.31 Å². The van der Waals surface area contributed by atoms with E-state index >= 15 is 0 Å². The first kappa shape index (κ1) is 16.9. The number of rotatable bonds is 4. The second-order valence-electron chi connectivity index (χ2n) is 5.39. The van der Waals surface area contributed by atoms with E-state index in [0.29, 0.717) is 12.2 Å². The van der Waals surface area contributed by atoms with Crippen molar-refractivity contribution < 1.29 is 23.1 Å². The molecule has 0 amide bonds. The fourth-order valence-corrected chi connectivity index (χ4v) is 7.92. The van der Waals surface area contributed by atoms with Crippen molar-refractivity contribution in [3.05, 3.63) is 24.3 Å². The van der Waals surface area contributed by atoms with E-state index in [1.165, 1.54) is 19.2 Å². The molecule has 3 rings (SSSR count). The molecule has 1 N–H and O–H groups in total. The lowest BCUT2D eigenvalue weighted by molar-refractivity contribution is -0.140. The zero-order chi connectivity index (χ0) is 16.7. The predicted octanol–water partition coefficient (Wildman–Crippen LogP) is 1.72. The number of carboxylic acids is 1. The minimum Gasteiger partial charge on any atom is -0.497 e. The molecule has 0 radical (unpaired) electrons. The Morgan fingerprint density at radius 3 is 2.43 bits per heavy atom. The van der Waals surface area contributed by atoms with Crippen LogP contribution in [-0.4, -0.2) is 59.1 Å². The van der Waals surface area contributed by atoms with Gasteiger partial charge in [0.05, 0.1) is 16.1 Å². The fourth-order valence-electron chi connectivity index (χ4n) is 2.86. The summed E-state index contributed by atoms with van der Waals surface area (Å²) in [5.74, 6) is 1.31. The molecule has 0 saturated carbocycles. The van der Waals surface area contributed by atoms with Gasteiger partial charge in [0.2, 0.25) is 10.0 Å². The van der Waals surface area contributed by atoms with Crippen LogP contribution in [0.25, 0.3) is 0 Å². The van der Waals surface area contributed by atoms with Crippen LogP contribution >= 0.6 is 23.5 Å². The maximum absolute atomic E-state index is 12.9. The summed E-state index contributed by atoms with van der Waals surface area (Å²) in [6.45, 7) is 0.230. The monoisotopic (exact) mass is 375 g/mol. The minimum absolute atomic E-state index is 0.0922. The first-order valence-electron chi connectivity index (χ1n) is 7.05. The Morgan fingerprint density at radius 1 is 1.30 bits per heavy atom. The fraction of sp³-hybridized carbons (Fsp3) is 0.500. The van der Waals surface area contributed by atoms with E-state index in [4.69, 9.17) is 4.74 Å². The number of methoxy groups -OCH3 is 1. The summed E-state index contributed by atoms with van der Waals surface area (Å²) in [5, 5.41) is 9.48. The van der Waals surface area contributed by atoms with Crippen LogP contribution in [0.1, 0.15) is 6.42 Å². The summed E-state index contributed by atoms with van der Waals surface area (Å²) in [5.41, 5.74) is 0. The van der Waals surface area contributed by atoms with Gasteiger partial charge in [-0.25, -0.2) is 8.42 Å². The molecule has 126 valence electrons. The number of carbonyl (C=O) groups is 1.